The van der Waals surface area contributed by atoms with Crippen molar-refractivity contribution in [1.82, 2.24) is 9.97 Å². The molecule has 1 aromatic rings. The average molecular weight is 294 g/mol. The molecule has 0 amide bonds. The Labute approximate surface area is 128 Å². The van der Waals surface area contributed by atoms with E-state index in [0.29, 0.717) is 5.92 Å². The largest absolute Gasteiger partial charge is 0.396 e. The number of hydrogen-bond donors (Lipinski definition) is 3. The first-order valence-corrected chi connectivity index (χ1v) is 8.08. The first-order valence-electron chi connectivity index (χ1n) is 8.08. The Bertz CT molecular complexity index is 423. The van der Waals surface area contributed by atoms with Crippen LogP contribution in [0.2, 0.25) is 0 Å². The van der Waals surface area contributed by atoms with E-state index in [1.165, 1.54) is 0 Å². The van der Waals surface area contributed by atoms with Crippen LogP contribution >= 0.6 is 0 Å². The Balaban J connectivity index is 2.66. The van der Waals surface area contributed by atoms with E-state index in [1.807, 2.05) is 0 Å². The van der Waals surface area contributed by atoms with Gasteiger partial charge in [-0.1, -0.05) is 20.8 Å². The van der Waals surface area contributed by atoms with Gasteiger partial charge in [-0.15, -0.1) is 0 Å². The van der Waals surface area contributed by atoms with Gasteiger partial charge in [-0.25, -0.2) is 9.97 Å². The highest BCUT2D eigenvalue weighted by Crippen LogP contribution is 2.20. The maximum atomic E-state index is 9.03. The fourth-order valence-electron chi connectivity index (χ4n) is 2.06. The first-order chi connectivity index (χ1) is 10.1. The monoisotopic (exact) mass is 294 g/mol. The second-order valence-electron chi connectivity index (χ2n) is 5.60. The number of aryl methyl sites for hydroxylation is 1. The van der Waals surface area contributed by atoms with Crippen LogP contribution < -0.4 is 10.6 Å². The van der Waals surface area contributed by atoms with Gasteiger partial charge in [0.2, 0.25) is 0 Å². The third kappa shape index (κ3) is 5.87. The molecule has 120 valence electrons. The molecule has 1 unspecified atom stereocenters. The zero-order valence-electron chi connectivity index (χ0n) is 13.9. The van der Waals surface area contributed by atoms with Crippen LogP contribution in [0.3, 0.4) is 0 Å². The lowest BCUT2D eigenvalue weighted by Crippen LogP contribution is -2.13. The van der Waals surface area contributed by atoms with E-state index in [4.69, 9.17) is 5.11 Å². The molecule has 0 saturated heterocycles. The predicted molar refractivity (Wildman–Crippen MR) is 88.9 cm³/mol. The van der Waals surface area contributed by atoms with Crippen LogP contribution in [0.1, 0.15) is 51.4 Å². The molecule has 0 fully saturated rings. The molecule has 0 radical (unpaired) electrons. The molecule has 1 heterocycles. The van der Waals surface area contributed by atoms with Crippen LogP contribution in [-0.4, -0.2) is 34.8 Å². The molecule has 1 rings (SSSR count). The normalized spacial score (nSPS) is 12.2. The van der Waals surface area contributed by atoms with Crippen molar-refractivity contribution in [2.24, 2.45) is 5.92 Å². The molecule has 5 nitrogen and oxygen atoms in total. The molecular formula is C16H30N4O. The van der Waals surface area contributed by atoms with Gasteiger partial charge in [-0.2, -0.15) is 0 Å². The minimum Gasteiger partial charge on any atom is -0.396 e. The third-order valence-electron chi connectivity index (χ3n) is 3.53. The molecule has 21 heavy (non-hydrogen) atoms. The predicted octanol–water partition coefficient (Wildman–Crippen LogP) is 2.99. The first kappa shape index (κ1) is 17.7. The molecule has 0 aliphatic rings. The lowest BCUT2D eigenvalue weighted by molar-refractivity contribution is 0.229. The number of hydrogen-bond acceptors (Lipinski definition) is 5. The maximum Gasteiger partial charge on any atom is 0.134 e. The van der Waals surface area contributed by atoms with Gasteiger partial charge in [-0.05, 0) is 32.1 Å². The van der Waals surface area contributed by atoms with Crippen LogP contribution in [0, 0.1) is 12.8 Å². The number of aliphatic hydroxyl groups excluding tert-OH is 1. The molecule has 5 heteroatoms. The van der Waals surface area contributed by atoms with Crippen molar-refractivity contribution in [3.63, 3.8) is 0 Å². The summed E-state index contributed by atoms with van der Waals surface area (Å²) in [6.07, 6.45) is 3.96. The van der Waals surface area contributed by atoms with Crippen molar-refractivity contribution < 1.29 is 5.11 Å². The molecule has 1 atom stereocenters. The van der Waals surface area contributed by atoms with Crippen LogP contribution in [-0.2, 0) is 6.42 Å². The van der Waals surface area contributed by atoms with E-state index in [9.17, 15) is 0 Å². The van der Waals surface area contributed by atoms with Gasteiger partial charge in [0.25, 0.3) is 0 Å². The standard InChI is InChI=1S/C16H30N4O/c1-5-9-17-15-13(4)16(20-14(6-2)19-15)18-10-7-8-12(3)11-21/h12,21H,5-11H2,1-4H3,(H2,17,18,19,20). The molecule has 0 aliphatic heterocycles. The highest BCUT2D eigenvalue weighted by molar-refractivity contribution is 5.57. The van der Waals surface area contributed by atoms with Gasteiger partial charge in [0.15, 0.2) is 0 Å². The summed E-state index contributed by atoms with van der Waals surface area (Å²) in [5, 5.41) is 15.8. The van der Waals surface area contributed by atoms with Crippen molar-refractivity contribution in [2.75, 3.05) is 30.3 Å². The summed E-state index contributed by atoms with van der Waals surface area (Å²) in [5.41, 5.74) is 1.08. The molecule has 3 N–H and O–H groups in total. The van der Waals surface area contributed by atoms with E-state index >= 15 is 0 Å². The lowest BCUT2D eigenvalue weighted by atomic mass is 10.1. The van der Waals surface area contributed by atoms with Gasteiger partial charge in [0.05, 0.1) is 0 Å². The van der Waals surface area contributed by atoms with Crippen LogP contribution in [0.5, 0.6) is 0 Å². The number of nitrogens with zero attached hydrogens (tertiary/aromatic N) is 2. The Kier molecular flexibility index (Phi) is 8.05. The van der Waals surface area contributed by atoms with Crippen LogP contribution in [0.15, 0.2) is 0 Å². The molecular weight excluding hydrogens is 264 g/mol. The summed E-state index contributed by atoms with van der Waals surface area (Å²) in [5.74, 6) is 3.10. The molecule has 0 bridgehead atoms. The summed E-state index contributed by atoms with van der Waals surface area (Å²) in [6, 6.07) is 0. The SMILES string of the molecule is CCCNc1nc(CC)nc(NCCCC(C)CO)c1C. The van der Waals surface area contributed by atoms with Gasteiger partial charge in [0, 0.05) is 31.7 Å². The Morgan fingerprint density at radius 1 is 1.10 bits per heavy atom. The zero-order valence-corrected chi connectivity index (χ0v) is 13.9. The van der Waals surface area contributed by atoms with Gasteiger partial charge >= 0.3 is 0 Å². The fourth-order valence-corrected chi connectivity index (χ4v) is 2.06. The smallest absolute Gasteiger partial charge is 0.134 e. The fraction of sp³-hybridized carbons (Fsp3) is 0.750. The summed E-state index contributed by atoms with van der Waals surface area (Å²) in [6.45, 7) is 10.4. The third-order valence-corrected chi connectivity index (χ3v) is 3.53. The second kappa shape index (κ2) is 9.55. The molecule has 0 saturated carbocycles. The quantitative estimate of drug-likeness (QED) is 0.579. The number of aromatic nitrogens is 2. The van der Waals surface area contributed by atoms with E-state index in [1.54, 1.807) is 0 Å². The Morgan fingerprint density at radius 2 is 1.71 bits per heavy atom. The van der Waals surface area contributed by atoms with Crippen molar-refractivity contribution in [3.8, 4) is 0 Å². The van der Waals surface area contributed by atoms with E-state index in [-0.39, 0.29) is 6.61 Å². The van der Waals surface area contributed by atoms with Gasteiger partial charge in [0.1, 0.15) is 17.5 Å². The number of rotatable bonds is 10. The second-order valence-corrected chi connectivity index (χ2v) is 5.60. The molecule has 0 aromatic carbocycles. The molecule has 1 aromatic heterocycles. The minimum absolute atomic E-state index is 0.262. The van der Waals surface area contributed by atoms with Gasteiger partial charge in [-0.3, -0.25) is 0 Å². The average Bonchev–Trinajstić information content (AvgIpc) is 2.51. The van der Waals surface area contributed by atoms with Crippen LogP contribution in [0.4, 0.5) is 11.6 Å². The minimum atomic E-state index is 0.262. The summed E-state index contributed by atoms with van der Waals surface area (Å²) >= 11 is 0. The summed E-state index contributed by atoms with van der Waals surface area (Å²) in [4.78, 5) is 9.15. The summed E-state index contributed by atoms with van der Waals surface area (Å²) < 4.78 is 0. The Hall–Kier alpha value is -1.36. The Morgan fingerprint density at radius 3 is 2.24 bits per heavy atom. The topological polar surface area (TPSA) is 70.1 Å². The summed E-state index contributed by atoms with van der Waals surface area (Å²) in [7, 11) is 0. The zero-order chi connectivity index (χ0) is 15.7. The maximum absolute atomic E-state index is 9.03. The van der Waals surface area contributed by atoms with Crippen LogP contribution in [0.25, 0.3) is 0 Å². The number of aliphatic hydroxyl groups is 1. The highest BCUT2D eigenvalue weighted by Gasteiger charge is 2.09. The number of anilines is 2. The lowest BCUT2D eigenvalue weighted by Gasteiger charge is -2.15. The van der Waals surface area contributed by atoms with Crippen molar-refractivity contribution >= 4 is 11.6 Å². The van der Waals surface area contributed by atoms with Crippen molar-refractivity contribution in [2.45, 2.75) is 53.4 Å². The van der Waals surface area contributed by atoms with Crippen molar-refractivity contribution in [3.05, 3.63) is 11.4 Å². The van der Waals surface area contributed by atoms with E-state index < -0.39 is 0 Å². The molecule has 0 aliphatic carbocycles. The van der Waals surface area contributed by atoms with Gasteiger partial charge < -0.3 is 15.7 Å². The van der Waals surface area contributed by atoms with E-state index in [0.717, 1.165) is 61.8 Å². The number of nitrogens with one attached hydrogen (secondary N) is 2. The molecule has 0 spiro atoms. The highest BCUT2D eigenvalue weighted by atomic mass is 16.3. The van der Waals surface area contributed by atoms with E-state index in [2.05, 4.69) is 48.3 Å². The van der Waals surface area contributed by atoms with Crippen molar-refractivity contribution in [1.29, 1.82) is 0 Å².